The average Bonchev–Trinajstić information content (AvgIpc) is 2.90. The Labute approximate surface area is 211 Å². The molecule has 2 unspecified atom stereocenters. The van der Waals surface area contributed by atoms with Gasteiger partial charge in [0.25, 0.3) is 5.91 Å². The van der Waals surface area contributed by atoms with Crippen LogP contribution in [0.1, 0.15) is 37.2 Å². The number of hydrogen-bond acceptors (Lipinski definition) is 7. The number of benzene rings is 2. The number of carbonyl (C=O) groups excluding carboxylic acids is 2. The van der Waals surface area contributed by atoms with Gasteiger partial charge in [-0.2, -0.15) is 0 Å². The molecule has 1 aliphatic heterocycles. The zero-order chi connectivity index (χ0) is 25.6. The third-order valence-electron chi connectivity index (χ3n) is 5.63. The third kappa shape index (κ3) is 8.99. The van der Waals surface area contributed by atoms with Gasteiger partial charge in [0.2, 0.25) is 12.2 Å². The molecule has 9 heteroatoms. The number of unbranched alkanes of at least 4 members (excludes halogenated alkanes) is 1. The average molecular weight is 498 g/mol. The number of ether oxygens (including phenoxy) is 3. The van der Waals surface area contributed by atoms with Crippen molar-refractivity contribution in [3.05, 3.63) is 72.0 Å². The van der Waals surface area contributed by atoms with Crippen molar-refractivity contribution in [3.8, 4) is 0 Å². The lowest BCUT2D eigenvalue weighted by molar-refractivity contribution is -0.151. The summed E-state index contributed by atoms with van der Waals surface area (Å²) >= 11 is 0. The van der Waals surface area contributed by atoms with Gasteiger partial charge in [-0.15, -0.1) is 0 Å². The van der Waals surface area contributed by atoms with Gasteiger partial charge in [-0.1, -0.05) is 42.5 Å². The minimum Gasteiger partial charge on any atom is -0.459 e. The van der Waals surface area contributed by atoms with Gasteiger partial charge in [-0.3, -0.25) is 9.59 Å². The molecule has 0 bridgehead atoms. The molecule has 0 aromatic heterocycles. The number of anilines is 2. The maximum absolute atomic E-state index is 12.8. The van der Waals surface area contributed by atoms with E-state index in [1.165, 1.54) is 0 Å². The zero-order valence-electron chi connectivity index (χ0n) is 20.4. The molecule has 1 heterocycles. The topological polar surface area (TPSA) is 132 Å². The molecule has 2 amide bonds. The fraction of sp³-hybridized carbons (Fsp3) is 0.407. The van der Waals surface area contributed by atoms with E-state index >= 15 is 0 Å². The maximum Gasteiger partial charge on any atom is 0.286 e. The second-order valence-electron chi connectivity index (χ2n) is 8.39. The van der Waals surface area contributed by atoms with Gasteiger partial charge in [-0.05, 0) is 36.6 Å². The number of aliphatic hydroxyl groups is 1. The Hall–Kier alpha value is -3.40. The lowest BCUT2D eigenvalue weighted by Crippen LogP contribution is -2.33. The van der Waals surface area contributed by atoms with Crippen LogP contribution in [0.3, 0.4) is 0 Å². The molecule has 36 heavy (non-hydrogen) atoms. The number of aliphatic hydroxyl groups excluding tert-OH is 1. The van der Waals surface area contributed by atoms with Crippen LogP contribution in [0.5, 0.6) is 0 Å². The molecule has 2 aromatic carbocycles. The highest BCUT2D eigenvalue weighted by Crippen LogP contribution is 2.31. The van der Waals surface area contributed by atoms with E-state index in [-0.39, 0.29) is 43.3 Å². The van der Waals surface area contributed by atoms with Gasteiger partial charge in [0.15, 0.2) is 5.76 Å². The van der Waals surface area contributed by atoms with Crippen LogP contribution in [0.4, 0.5) is 11.4 Å². The molecule has 5 N–H and O–H groups in total. The molecule has 194 valence electrons. The highest BCUT2D eigenvalue weighted by molar-refractivity contribution is 5.93. The van der Waals surface area contributed by atoms with Crippen molar-refractivity contribution in [2.45, 2.75) is 37.9 Å². The molecule has 3 rings (SSSR count). The van der Waals surface area contributed by atoms with Crippen molar-refractivity contribution in [1.82, 2.24) is 5.32 Å². The molecular formula is C27H35N3O6. The van der Waals surface area contributed by atoms with Crippen LogP contribution in [0.15, 0.2) is 66.4 Å². The first-order valence-electron chi connectivity index (χ1n) is 12.2. The Bertz CT molecular complexity index is 998. The van der Waals surface area contributed by atoms with Gasteiger partial charge in [0.05, 0.1) is 37.8 Å². The monoisotopic (exact) mass is 497 g/mol. The minimum absolute atomic E-state index is 0.0295. The van der Waals surface area contributed by atoms with E-state index in [0.717, 1.165) is 5.56 Å². The van der Waals surface area contributed by atoms with E-state index in [0.29, 0.717) is 50.2 Å². The summed E-state index contributed by atoms with van der Waals surface area (Å²) in [7, 11) is 0. The number of nitrogens with one attached hydrogen (secondary N) is 2. The molecule has 2 atom stereocenters. The van der Waals surface area contributed by atoms with Crippen LogP contribution in [0, 0.1) is 0 Å². The molecule has 0 spiro atoms. The number of para-hydroxylation sites is 2. The number of hydrogen-bond donors (Lipinski definition) is 4. The summed E-state index contributed by atoms with van der Waals surface area (Å²) in [6, 6.07) is 17.0. The first kappa shape index (κ1) is 27.2. The predicted molar refractivity (Wildman–Crippen MR) is 137 cm³/mol. The summed E-state index contributed by atoms with van der Waals surface area (Å²) in [6.45, 7) is 1.23. The minimum atomic E-state index is -0.590. The van der Waals surface area contributed by atoms with E-state index in [1.54, 1.807) is 12.1 Å². The number of amides is 2. The van der Waals surface area contributed by atoms with E-state index in [2.05, 4.69) is 10.6 Å². The Morgan fingerprint density at radius 1 is 1.03 bits per heavy atom. The predicted octanol–water partition coefficient (Wildman–Crippen LogP) is 2.93. The molecule has 0 saturated carbocycles. The third-order valence-corrected chi connectivity index (χ3v) is 5.63. The molecule has 0 aliphatic carbocycles. The standard InChI is InChI=1S/C27H35N3O6/c28-22-10-4-5-11-23(22)30-25(32)12-6-7-13-29-27(33)24-18-21(20-8-2-1-3-9-20)19-26(36-24)35-17-16-34-15-14-31/h1-5,8-11,18,21,26,31H,6-7,12-17,19,28H2,(H,29,33)(H,30,32). The van der Waals surface area contributed by atoms with Crippen molar-refractivity contribution in [2.75, 3.05) is 44.0 Å². The van der Waals surface area contributed by atoms with Crippen LogP contribution in [-0.2, 0) is 23.8 Å². The molecule has 1 aliphatic rings. The Kier molecular flexibility index (Phi) is 11.2. The summed E-state index contributed by atoms with van der Waals surface area (Å²) in [4.78, 5) is 24.9. The second kappa shape index (κ2) is 14.9. The Morgan fingerprint density at radius 2 is 1.81 bits per heavy atom. The highest BCUT2D eigenvalue weighted by Gasteiger charge is 2.28. The molecule has 9 nitrogen and oxygen atoms in total. The molecule has 2 aromatic rings. The fourth-order valence-corrected chi connectivity index (χ4v) is 3.78. The van der Waals surface area contributed by atoms with E-state index in [1.807, 2.05) is 48.5 Å². The van der Waals surface area contributed by atoms with E-state index in [4.69, 9.17) is 25.1 Å². The van der Waals surface area contributed by atoms with Gasteiger partial charge in [0.1, 0.15) is 0 Å². The first-order chi connectivity index (χ1) is 17.6. The Morgan fingerprint density at radius 3 is 2.58 bits per heavy atom. The number of nitrogen functional groups attached to an aromatic ring is 1. The van der Waals surface area contributed by atoms with Crippen molar-refractivity contribution in [1.29, 1.82) is 0 Å². The van der Waals surface area contributed by atoms with Crippen molar-refractivity contribution in [3.63, 3.8) is 0 Å². The highest BCUT2D eigenvalue weighted by atomic mass is 16.7. The number of allylic oxidation sites excluding steroid dienone is 1. The van der Waals surface area contributed by atoms with Gasteiger partial charge >= 0.3 is 0 Å². The van der Waals surface area contributed by atoms with E-state index < -0.39 is 6.29 Å². The molecule has 0 saturated heterocycles. The Balaban J connectivity index is 1.45. The summed E-state index contributed by atoms with van der Waals surface area (Å²) in [5.41, 5.74) is 8.04. The number of rotatable bonds is 14. The van der Waals surface area contributed by atoms with E-state index in [9.17, 15) is 9.59 Å². The second-order valence-corrected chi connectivity index (χ2v) is 8.39. The first-order valence-corrected chi connectivity index (χ1v) is 12.2. The fourth-order valence-electron chi connectivity index (χ4n) is 3.78. The number of carbonyl (C=O) groups is 2. The summed E-state index contributed by atoms with van der Waals surface area (Å²) in [5.74, 6) is -0.250. The zero-order valence-corrected chi connectivity index (χ0v) is 20.4. The summed E-state index contributed by atoms with van der Waals surface area (Å²) < 4.78 is 16.8. The molecule has 0 fully saturated rings. The quantitative estimate of drug-likeness (QED) is 0.233. The van der Waals surface area contributed by atoms with Crippen molar-refractivity contribution < 1.29 is 28.9 Å². The summed E-state index contributed by atoms with van der Waals surface area (Å²) in [5, 5.41) is 14.5. The van der Waals surface area contributed by atoms with Gasteiger partial charge < -0.3 is 35.7 Å². The largest absolute Gasteiger partial charge is 0.459 e. The normalized spacial score (nSPS) is 17.1. The lowest BCUT2D eigenvalue weighted by Gasteiger charge is -2.29. The van der Waals surface area contributed by atoms with Crippen LogP contribution in [0.25, 0.3) is 0 Å². The SMILES string of the molecule is Nc1ccccc1NC(=O)CCCCNC(=O)C1=CC(c2ccccc2)CC(OCCOCCO)O1. The van der Waals surface area contributed by atoms with Crippen LogP contribution >= 0.6 is 0 Å². The van der Waals surface area contributed by atoms with Crippen molar-refractivity contribution in [2.24, 2.45) is 0 Å². The number of nitrogens with two attached hydrogens (primary N) is 1. The maximum atomic E-state index is 12.8. The summed E-state index contributed by atoms with van der Waals surface area (Å²) in [6.07, 6.45) is 3.39. The van der Waals surface area contributed by atoms with Gasteiger partial charge in [-0.25, -0.2) is 0 Å². The lowest BCUT2D eigenvalue weighted by atomic mass is 9.93. The van der Waals surface area contributed by atoms with Crippen LogP contribution in [0.2, 0.25) is 0 Å². The van der Waals surface area contributed by atoms with Crippen molar-refractivity contribution >= 4 is 23.2 Å². The smallest absolute Gasteiger partial charge is 0.286 e. The van der Waals surface area contributed by atoms with Crippen LogP contribution < -0.4 is 16.4 Å². The molecular weight excluding hydrogens is 462 g/mol. The van der Waals surface area contributed by atoms with Crippen LogP contribution in [-0.4, -0.2) is 56.2 Å². The van der Waals surface area contributed by atoms with Gasteiger partial charge in [0, 0.05) is 25.3 Å². The molecule has 0 radical (unpaired) electrons.